The Balaban J connectivity index is 2.84. The van der Waals surface area contributed by atoms with Crippen LogP contribution in [0.2, 0.25) is 5.02 Å². The Labute approximate surface area is 153 Å². The summed E-state index contributed by atoms with van der Waals surface area (Å²) in [6.07, 6.45) is -4.74. The van der Waals surface area contributed by atoms with Gasteiger partial charge in [-0.1, -0.05) is 11.6 Å². The Hall–Kier alpha value is -0.950. The summed E-state index contributed by atoms with van der Waals surface area (Å²) in [7, 11) is 0. The lowest BCUT2D eigenvalue weighted by molar-refractivity contribution is -0.141. The maximum atomic E-state index is 14.3. The lowest BCUT2D eigenvalue weighted by Crippen LogP contribution is -2.08. The van der Waals surface area contributed by atoms with Gasteiger partial charge in [-0.25, -0.2) is 4.39 Å². The third-order valence-corrected chi connectivity index (χ3v) is 4.32. The molecule has 24 heavy (non-hydrogen) atoms. The Morgan fingerprint density at radius 3 is 2.25 bits per heavy atom. The predicted octanol–water partition coefficient (Wildman–Crippen LogP) is 6.35. The van der Waals surface area contributed by atoms with E-state index in [9.17, 15) is 22.4 Å². The Morgan fingerprint density at radius 2 is 1.79 bits per heavy atom. The molecule has 0 bridgehead atoms. The van der Waals surface area contributed by atoms with Crippen molar-refractivity contribution < 1.29 is 22.4 Å². The van der Waals surface area contributed by atoms with Crippen LogP contribution >= 0.6 is 46.4 Å². The van der Waals surface area contributed by atoms with Gasteiger partial charge in [0.1, 0.15) is 11.5 Å². The number of aromatic nitrogens is 1. The number of H-pyrrole nitrogens is 1. The van der Waals surface area contributed by atoms with Crippen molar-refractivity contribution in [2.24, 2.45) is 0 Å². The van der Waals surface area contributed by atoms with Gasteiger partial charge in [0.05, 0.1) is 22.3 Å². The molecule has 0 saturated heterocycles. The minimum Gasteiger partial charge on any atom is -0.353 e. The fourth-order valence-corrected chi connectivity index (χ4v) is 3.20. The highest BCUT2D eigenvalue weighted by Gasteiger charge is 2.38. The maximum absolute atomic E-state index is 14.3. The van der Waals surface area contributed by atoms with Crippen molar-refractivity contribution >= 4 is 51.6 Å². The molecule has 0 aliphatic rings. The molecule has 0 aliphatic heterocycles. The van der Waals surface area contributed by atoms with Gasteiger partial charge >= 0.3 is 6.18 Å². The van der Waals surface area contributed by atoms with Crippen molar-refractivity contribution in [3.05, 3.63) is 45.5 Å². The maximum Gasteiger partial charge on any atom is 0.431 e. The first-order valence-electron chi connectivity index (χ1n) is 6.23. The Bertz CT molecular complexity index is 801. The summed E-state index contributed by atoms with van der Waals surface area (Å²) in [6.45, 7) is 0. The molecule has 0 spiro atoms. The third-order valence-electron chi connectivity index (χ3n) is 3.27. The highest BCUT2D eigenvalue weighted by Crippen LogP contribution is 2.42. The molecule has 0 radical (unpaired) electrons. The van der Waals surface area contributed by atoms with Crippen LogP contribution < -0.4 is 0 Å². The summed E-state index contributed by atoms with van der Waals surface area (Å²) in [4.78, 5) is 13.5. The van der Waals surface area contributed by atoms with E-state index in [1.165, 1.54) is 0 Å². The summed E-state index contributed by atoms with van der Waals surface area (Å²) < 4.78 is 53.7. The highest BCUT2D eigenvalue weighted by atomic mass is 35.5. The first-order chi connectivity index (χ1) is 11.1. The van der Waals surface area contributed by atoms with Gasteiger partial charge in [-0.15, -0.1) is 23.2 Å². The van der Waals surface area contributed by atoms with Gasteiger partial charge in [-0.05, 0) is 23.7 Å². The van der Waals surface area contributed by atoms with E-state index in [4.69, 9.17) is 46.4 Å². The number of carbonyl (C=O) groups excluding carboxylic acids is 1. The number of carbonyl (C=O) groups is 1. The zero-order valence-corrected chi connectivity index (χ0v) is 14.5. The van der Waals surface area contributed by atoms with Gasteiger partial charge in [0, 0.05) is 22.4 Å². The first-order valence-corrected chi connectivity index (χ1v) is 8.06. The molecule has 2 aromatic rings. The molecule has 130 valence electrons. The van der Waals surface area contributed by atoms with Crippen LogP contribution in [0.1, 0.15) is 27.3 Å². The first kappa shape index (κ1) is 19.4. The van der Waals surface area contributed by atoms with Crippen LogP contribution in [0.15, 0.2) is 12.1 Å². The number of aromatic amines is 1. The van der Waals surface area contributed by atoms with E-state index in [1.807, 2.05) is 0 Å². The second-order valence-electron chi connectivity index (χ2n) is 4.68. The number of hydrogen-bond acceptors (Lipinski definition) is 1. The number of rotatable bonds is 4. The number of benzene rings is 1. The van der Waals surface area contributed by atoms with Crippen molar-refractivity contribution in [3.8, 4) is 11.1 Å². The van der Waals surface area contributed by atoms with Crippen LogP contribution in [0.25, 0.3) is 11.1 Å². The van der Waals surface area contributed by atoms with Crippen molar-refractivity contribution in [2.75, 3.05) is 0 Å². The average molecular weight is 423 g/mol. The standard InChI is InChI=1S/C14H7Cl4F4NO/c15-3-7-11(10(4-16)23-12(7)14(20,21)22)6-1-5(13(18)24)8(17)2-9(6)19/h1-2,23H,3-4H2. The molecule has 0 fully saturated rings. The lowest BCUT2D eigenvalue weighted by atomic mass is 9.98. The molecule has 2 rings (SSSR count). The molecule has 1 heterocycles. The van der Waals surface area contributed by atoms with E-state index in [0.717, 1.165) is 12.1 Å². The zero-order chi connectivity index (χ0) is 18.2. The molecule has 0 aliphatic carbocycles. The molecular weight excluding hydrogens is 416 g/mol. The summed E-state index contributed by atoms with van der Waals surface area (Å²) >= 11 is 22.4. The molecule has 10 heteroatoms. The fraction of sp³-hybridized carbons (Fsp3) is 0.214. The molecule has 0 unspecified atom stereocenters. The van der Waals surface area contributed by atoms with E-state index in [0.29, 0.717) is 0 Å². The second kappa shape index (κ2) is 7.12. The van der Waals surface area contributed by atoms with Crippen LogP contribution in [0.4, 0.5) is 17.6 Å². The molecule has 0 amide bonds. The average Bonchev–Trinajstić information content (AvgIpc) is 2.85. The highest BCUT2D eigenvalue weighted by molar-refractivity contribution is 6.68. The van der Waals surface area contributed by atoms with Crippen molar-refractivity contribution in [1.29, 1.82) is 0 Å². The molecule has 1 aromatic heterocycles. The Morgan fingerprint density at radius 1 is 1.17 bits per heavy atom. The molecule has 1 aromatic carbocycles. The van der Waals surface area contributed by atoms with Crippen molar-refractivity contribution in [3.63, 3.8) is 0 Å². The van der Waals surface area contributed by atoms with Gasteiger partial charge < -0.3 is 4.98 Å². The van der Waals surface area contributed by atoms with Crippen LogP contribution in [0.3, 0.4) is 0 Å². The number of nitrogens with one attached hydrogen (secondary N) is 1. The van der Waals surface area contributed by atoms with E-state index in [-0.39, 0.29) is 38.9 Å². The molecule has 1 N–H and O–H groups in total. The zero-order valence-electron chi connectivity index (χ0n) is 11.5. The van der Waals surface area contributed by atoms with Gasteiger partial charge in [-0.2, -0.15) is 13.2 Å². The molecule has 2 nitrogen and oxygen atoms in total. The lowest BCUT2D eigenvalue weighted by Gasteiger charge is -2.10. The predicted molar refractivity (Wildman–Crippen MR) is 85.5 cm³/mol. The van der Waals surface area contributed by atoms with Crippen LogP contribution in [0, 0.1) is 5.82 Å². The van der Waals surface area contributed by atoms with Crippen LogP contribution in [-0.4, -0.2) is 10.2 Å². The number of alkyl halides is 5. The summed E-state index contributed by atoms with van der Waals surface area (Å²) in [5.41, 5.74) is -2.31. The normalized spacial score (nSPS) is 11.8. The summed E-state index contributed by atoms with van der Waals surface area (Å²) in [6, 6.07) is 1.77. The smallest absolute Gasteiger partial charge is 0.353 e. The van der Waals surface area contributed by atoms with Crippen molar-refractivity contribution in [2.45, 2.75) is 17.9 Å². The largest absolute Gasteiger partial charge is 0.431 e. The third kappa shape index (κ3) is 3.52. The SMILES string of the molecule is O=C(Cl)c1cc(-c2c(CCl)[nH]c(C(F)(F)F)c2CCl)c(F)cc1Cl. The number of halogens is 8. The van der Waals surface area contributed by atoms with Crippen LogP contribution in [-0.2, 0) is 17.9 Å². The van der Waals surface area contributed by atoms with E-state index < -0.39 is 28.8 Å². The number of hydrogen-bond donors (Lipinski definition) is 1. The van der Waals surface area contributed by atoms with E-state index in [1.54, 1.807) is 0 Å². The van der Waals surface area contributed by atoms with E-state index in [2.05, 4.69) is 4.98 Å². The van der Waals surface area contributed by atoms with Gasteiger partial charge in [0.2, 0.25) is 0 Å². The molecule has 0 atom stereocenters. The quantitative estimate of drug-likeness (QED) is 0.347. The Kier molecular flexibility index (Phi) is 5.75. The summed E-state index contributed by atoms with van der Waals surface area (Å²) in [5.74, 6) is -1.85. The minimum absolute atomic E-state index is 0.0890. The second-order valence-corrected chi connectivity index (χ2v) is 5.97. The van der Waals surface area contributed by atoms with Gasteiger partial charge in [-0.3, -0.25) is 4.79 Å². The molecule has 0 saturated carbocycles. The summed E-state index contributed by atoms with van der Waals surface area (Å²) in [5, 5.41) is -1.24. The van der Waals surface area contributed by atoms with Crippen molar-refractivity contribution in [1.82, 2.24) is 4.98 Å². The minimum atomic E-state index is -4.74. The monoisotopic (exact) mass is 421 g/mol. The fourth-order valence-electron chi connectivity index (χ4n) is 2.29. The van der Waals surface area contributed by atoms with E-state index >= 15 is 0 Å². The molecular formula is C14H7Cl4F4NO. The van der Waals surface area contributed by atoms with Gasteiger partial charge in [0.15, 0.2) is 0 Å². The topological polar surface area (TPSA) is 32.9 Å². The van der Waals surface area contributed by atoms with Gasteiger partial charge in [0.25, 0.3) is 5.24 Å². The van der Waals surface area contributed by atoms with Crippen LogP contribution in [0.5, 0.6) is 0 Å².